The molecule has 0 spiro atoms. The molecule has 1 aliphatic heterocycles. The molecule has 2 saturated carbocycles. The molecule has 7 heteroatoms. The van der Waals surface area contributed by atoms with Crippen molar-refractivity contribution in [1.29, 1.82) is 0 Å². The first-order valence-electron chi connectivity index (χ1n) is 9.06. The molecule has 0 aromatic rings. The zero-order valence-electron chi connectivity index (χ0n) is 14.5. The molecule has 3 aliphatic carbocycles. The zero-order valence-corrected chi connectivity index (χ0v) is 14.5. The maximum Gasteiger partial charge on any atom is 0.187 e. The Morgan fingerprint density at radius 2 is 1.84 bits per heavy atom. The fourth-order valence-electron chi connectivity index (χ4n) is 5.87. The highest BCUT2D eigenvalue weighted by Crippen LogP contribution is 2.72. The van der Waals surface area contributed by atoms with Gasteiger partial charge in [-0.2, -0.15) is 0 Å². The second-order valence-electron chi connectivity index (χ2n) is 8.52. The molecule has 0 aromatic heterocycles. The van der Waals surface area contributed by atoms with E-state index in [1.54, 1.807) is 0 Å². The number of rotatable bonds is 3. The van der Waals surface area contributed by atoms with Crippen LogP contribution in [0, 0.1) is 22.7 Å². The highest BCUT2D eigenvalue weighted by Gasteiger charge is 2.73. The van der Waals surface area contributed by atoms with E-state index in [-0.39, 0.29) is 17.4 Å². The van der Waals surface area contributed by atoms with E-state index >= 15 is 0 Å². The molecule has 3 fully saturated rings. The third kappa shape index (κ3) is 2.12. The Balaban J connectivity index is 1.61. The molecular weight excluding hydrogens is 328 g/mol. The quantitative estimate of drug-likeness (QED) is 0.418. The van der Waals surface area contributed by atoms with Gasteiger partial charge in [0.15, 0.2) is 6.29 Å². The third-order valence-corrected chi connectivity index (χ3v) is 7.65. The minimum atomic E-state index is -1.46. The number of ether oxygens (including phenoxy) is 2. The summed E-state index contributed by atoms with van der Waals surface area (Å²) < 4.78 is 11.7. The Morgan fingerprint density at radius 3 is 2.48 bits per heavy atom. The third-order valence-electron chi connectivity index (χ3n) is 7.65. The van der Waals surface area contributed by atoms with Crippen LogP contribution in [0.3, 0.4) is 0 Å². The summed E-state index contributed by atoms with van der Waals surface area (Å²) in [6.45, 7) is 3.72. The van der Waals surface area contributed by atoms with Crippen molar-refractivity contribution in [1.82, 2.24) is 0 Å². The lowest BCUT2D eigenvalue weighted by Gasteiger charge is -2.46. The van der Waals surface area contributed by atoms with Gasteiger partial charge in [-0.1, -0.05) is 26.0 Å². The van der Waals surface area contributed by atoms with Crippen LogP contribution < -0.4 is 0 Å². The van der Waals surface area contributed by atoms with Crippen LogP contribution >= 0.6 is 0 Å². The SMILES string of the molecule is CC12CC=CC3C1CC(O)C2(C)C3OC1OC(CO)C(O)C(O)C1O. The summed E-state index contributed by atoms with van der Waals surface area (Å²) in [4.78, 5) is 0. The van der Waals surface area contributed by atoms with Crippen LogP contribution in [0.25, 0.3) is 0 Å². The molecule has 5 N–H and O–H groups in total. The monoisotopic (exact) mass is 356 g/mol. The van der Waals surface area contributed by atoms with Crippen LogP contribution in [0.2, 0.25) is 0 Å². The van der Waals surface area contributed by atoms with E-state index in [1.165, 1.54) is 0 Å². The van der Waals surface area contributed by atoms with Crippen LogP contribution in [0.15, 0.2) is 12.2 Å². The largest absolute Gasteiger partial charge is 0.394 e. The summed E-state index contributed by atoms with van der Waals surface area (Å²) in [5, 5.41) is 50.3. The van der Waals surface area contributed by atoms with Crippen molar-refractivity contribution >= 4 is 0 Å². The average Bonchev–Trinajstić information content (AvgIpc) is 2.83. The van der Waals surface area contributed by atoms with Crippen LogP contribution in [0.4, 0.5) is 0 Å². The van der Waals surface area contributed by atoms with E-state index in [4.69, 9.17) is 9.47 Å². The second-order valence-corrected chi connectivity index (χ2v) is 8.52. The van der Waals surface area contributed by atoms with Crippen molar-refractivity contribution in [2.45, 2.75) is 69.6 Å². The number of hydrogen-bond donors (Lipinski definition) is 5. The molecule has 142 valence electrons. The number of allylic oxidation sites excluding steroid dienone is 1. The Hall–Kier alpha value is -0.540. The Kier molecular flexibility index (Phi) is 4.09. The number of hydrogen-bond acceptors (Lipinski definition) is 7. The normalized spacial score (nSPS) is 60.2. The van der Waals surface area contributed by atoms with E-state index < -0.39 is 48.8 Å². The van der Waals surface area contributed by atoms with Gasteiger partial charge in [-0.05, 0) is 24.2 Å². The molecule has 11 atom stereocenters. The topological polar surface area (TPSA) is 120 Å². The molecular formula is C18H28O7. The van der Waals surface area contributed by atoms with E-state index in [0.29, 0.717) is 5.92 Å². The van der Waals surface area contributed by atoms with Crippen LogP contribution in [-0.2, 0) is 9.47 Å². The first-order chi connectivity index (χ1) is 11.8. The van der Waals surface area contributed by atoms with Gasteiger partial charge >= 0.3 is 0 Å². The predicted octanol–water partition coefficient (Wildman–Crippen LogP) is -0.845. The summed E-state index contributed by atoms with van der Waals surface area (Å²) in [6, 6.07) is 0. The molecule has 11 unspecified atom stereocenters. The highest BCUT2D eigenvalue weighted by molar-refractivity contribution is 5.27. The van der Waals surface area contributed by atoms with Gasteiger partial charge in [-0.3, -0.25) is 0 Å². The van der Waals surface area contributed by atoms with E-state index in [1.807, 2.05) is 6.92 Å². The lowest BCUT2D eigenvalue weighted by atomic mass is 9.65. The van der Waals surface area contributed by atoms with E-state index in [9.17, 15) is 25.5 Å². The van der Waals surface area contributed by atoms with Gasteiger partial charge < -0.3 is 35.0 Å². The standard InChI is InChI=1S/C18H28O7/c1-17-5-3-4-8-9(17)6-11(20)18(17,2)15(8)25-16-14(23)13(22)12(21)10(7-19)24-16/h3-4,8-16,19-23H,5-7H2,1-2H3. The minimum absolute atomic E-state index is 0.0926. The summed E-state index contributed by atoms with van der Waals surface area (Å²) >= 11 is 0. The maximum atomic E-state index is 10.7. The Bertz CT molecular complexity index is 566. The van der Waals surface area contributed by atoms with Crippen molar-refractivity contribution in [3.05, 3.63) is 12.2 Å². The van der Waals surface area contributed by atoms with Gasteiger partial charge in [-0.15, -0.1) is 0 Å². The fourth-order valence-corrected chi connectivity index (χ4v) is 5.87. The highest BCUT2D eigenvalue weighted by atomic mass is 16.7. The van der Waals surface area contributed by atoms with Crippen LogP contribution in [-0.4, -0.2) is 75.1 Å². The summed E-state index contributed by atoms with van der Waals surface area (Å²) in [6.07, 6.45) is -1.46. The summed E-state index contributed by atoms with van der Waals surface area (Å²) in [5.41, 5.74) is -0.588. The number of aliphatic hydroxyl groups is 5. The van der Waals surface area contributed by atoms with Crippen molar-refractivity contribution < 1.29 is 35.0 Å². The van der Waals surface area contributed by atoms with Gasteiger partial charge in [0.25, 0.3) is 0 Å². The molecule has 25 heavy (non-hydrogen) atoms. The molecule has 0 radical (unpaired) electrons. The van der Waals surface area contributed by atoms with Crippen molar-refractivity contribution in [3.63, 3.8) is 0 Å². The van der Waals surface area contributed by atoms with Crippen molar-refractivity contribution in [3.8, 4) is 0 Å². The molecule has 4 aliphatic rings. The summed E-state index contributed by atoms with van der Waals surface area (Å²) in [5.74, 6) is 0.409. The molecule has 7 nitrogen and oxygen atoms in total. The number of aliphatic hydroxyl groups excluding tert-OH is 5. The van der Waals surface area contributed by atoms with Crippen LogP contribution in [0.1, 0.15) is 26.7 Å². The lowest BCUT2D eigenvalue weighted by molar-refractivity contribution is -0.325. The van der Waals surface area contributed by atoms with Gasteiger partial charge in [-0.25, -0.2) is 0 Å². The first-order valence-corrected chi connectivity index (χ1v) is 9.06. The fraction of sp³-hybridized carbons (Fsp3) is 0.889. The molecule has 1 heterocycles. The molecule has 1 saturated heterocycles. The summed E-state index contributed by atoms with van der Waals surface area (Å²) in [7, 11) is 0. The molecule has 0 amide bonds. The van der Waals surface area contributed by atoms with Gasteiger partial charge in [0, 0.05) is 11.3 Å². The zero-order chi connectivity index (χ0) is 18.1. The smallest absolute Gasteiger partial charge is 0.187 e. The first kappa shape index (κ1) is 17.9. The maximum absolute atomic E-state index is 10.7. The van der Waals surface area contributed by atoms with Gasteiger partial charge in [0.05, 0.1) is 18.8 Å². The second kappa shape index (κ2) is 5.73. The minimum Gasteiger partial charge on any atom is -0.394 e. The Morgan fingerprint density at radius 1 is 1.12 bits per heavy atom. The van der Waals surface area contributed by atoms with E-state index in [2.05, 4.69) is 19.1 Å². The molecule has 0 aromatic carbocycles. The van der Waals surface area contributed by atoms with Crippen LogP contribution in [0.5, 0.6) is 0 Å². The molecule has 4 rings (SSSR count). The van der Waals surface area contributed by atoms with E-state index in [0.717, 1.165) is 12.8 Å². The van der Waals surface area contributed by atoms with Gasteiger partial charge in [0.2, 0.25) is 0 Å². The van der Waals surface area contributed by atoms with Crippen molar-refractivity contribution in [2.75, 3.05) is 6.61 Å². The predicted molar refractivity (Wildman–Crippen MR) is 86.2 cm³/mol. The average molecular weight is 356 g/mol. The Labute approximate surface area is 146 Å². The molecule has 4 bridgehead atoms. The van der Waals surface area contributed by atoms with Gasteiger partial charge in [0.1, 0.15) is 24.4 Å². The lowest BCUT2D eigenvalue weighted by Crippen LogP contribution is -2.61. The van der Waals surface area contributed by atoms with Crippen molar-refractivity contribution in [2.24, 2.45) is 22.7 Å².